The Morgan fingerprint density at radius 1 is 1.17 bits per heavy atom. The molecule has 4 rings (SSSR count). The summed E-state index contributed by atoms with van der Waals surface area (Å²) in [6.45, 7) is 3.80. The Bertz CT molecular complexity index is 1390. The second-order valence-electron chi connectivity index (χ2n) is 6.78. The number of nitro groups is 1. The highest BCUT2D eigenvalue weighted by atomic mass is 32.1. The first-order chi connectivity index (χ1) is 13.9. The van der Waals surface area contributed by atoms with Gasteiger partial charge in [-0.1, -0.05) is 31.2 Å². The lowest BCUT2D eigenvalue weighted by Gasteiger charge is -2.18. The minimum absolute atomic E-state index is 0.0585. The molecule has 1 atom stereocenters. The first-order valence-electron chi connectivity index (χ1n) is 9.15. The van der Waals surface area contributed by atoms with Gasteiger partial charge in [-0.25, -0.2) is 4.98 Å². The number of rotatable bonds is 4. The molecule has 146 valence electrons. The van der Waals surface area contributed by atoms with Gasteiger partial charge in [-0.05, 0) is 25.5 Å². The largest absolute Gasteiger partial charge is 0.289 e. The molecule has 0 spiro atoms. The van der Waals surface area contributed by atoms with Gasteiger partial charge in [0.2, 0.25) is 5.43 Å². The van der Waals surface area contributed by atoms with Crippen molar-refractivity contribution in [3.05, 3.63) is 79.2 Å². The van der Waals surface area contributed by atoms with Crippen LogP contribution < -0.4 is 11.0 Å². The predicted octanol–water partition coefficient (Wildman–Crippen LogP) is 4.52. The first kappa shape index (κ1) is 18.9. The molecule has 7 nitrogen and oxygen atoms in total. The van der Waals surface area contributed by atoms with Gasteiger partial charge >= 0.3 is 0 Å². The first-order valence-corrected chi connectivity index (χ1v) is 9.97. The molecule has 29 heavy (non-hydrogen) atoms. The van der Waals surface area contributed by atoms with E-state index in [1.165, 1.54) is 28.0 Å². The van der Waals surface area contributed by atoms with Crippen LogP contribution in [0.15, 0.2) is 58.1 Å². The van der Waals surface area contributed by atoms with E-state index in [0.29, 0.717) is 28.0 Å². The van der Waals surface area contributed by atoms with Gasteiger partial charge in [0.1, 0.15) is 16.0 Å². The molecule has 0 saturated carbocycles. The zero-order valence-corrected chi connectivity index (χ0v) is 16.6. The molecule has 2 heterocycles. The lowest BCUT2D eigenvalue weighted by atomic mass is 10.1. The van der Waals surface area contributed by atoms with Crippen LogP contribution in [0.1, 0.15) is 26.3 Å². The van der Waals surface area contributed by atoms with Crippen LogP contribution in [0.25, 0.3) is 31.7 Å². The molecule has 0 aliphatic heterocycles. The SMILES string of the molecule is CC[C@@H](C)n1c(-c2cccc([N+](=O)[O-])c2)nc2sc3ccccc3c(=O)c2c1=O. The average Bonchev–Trinajstić information content (AvgIpc) is 2.73. The number of non-ortho nitro benzene ring substituents is 1. The minimum atomic E-state index is -0.484. The van der Waals surface area contributed by atoms with Crippen molar-refractivity contribution in [1.29, 1.82) is 0 Å². The third-order valence-electron chi connectivity index (χ3n) is 4.99. The normalized spacial score (nSPS) is 12.3. The third kappa shape index (κ3) is 3.11. The quantitative estimate of drug-likeness (QED) is 0.282. The highest BCUT2D eigenvalue weighted by molar-refractivity contribution is 7.24. The minimum Gasteiger partial charge on any atom is -0.289 e. The van der Waals surface area contributed by atoms with E-state index >= 15 is 0 Å². The van der Waals surface area contributed by atoms with Crippen LogP contribution in [0.3, 0.4) is 0 Å². The third-order valence-corrected chi connectivity index (χ3v) is 6.06. The Balaban J connectivity index is 2.15. The Hall–Kier alpha value is -3.39. The van der Waals surface area contributed by atoms with E-state index in [2.05, 4.69) is 4.98 Å². The molecule has 0 unspecified atom stereocenters. The maximum absolute atomic E-state index is 13.4. The number of aromatic nitrogens is 2. The summed E-state index contributed by atoms with van der Waals surface area (Å²) >= 11 is 1.27. The van der Waals surface area contributed by atoms with Gasteiger partial charge in [-0.15, -0.1) is 11.3 Å². The fourth-order valence-electron chi connectivity index (χ4n) is 3.32. The monoisotopic (exact) mass is 407 g/mol. The topological polar surface area (TPSA) is 95.1 Å². The Morgan fingerprint density at radius 3 is 2.66 bits per heavy atom. The summed E-state index contributed by atoms with van der Waals surface area (Å²) in [5.41, 5.74) is -0.377. The molecule has 0 N–H and O–H groups in total. The molecule has 0 bridgehead atoms. The maximum Gasteiger partial charge on any atom is 0.270 e. The summed E-state index contributed by atoms with van der Waals surface area (Å²) in [5.74, 6) is 0.325. The molecular weight excluding hydrogens is 390 g/mol. The summed E-state index contributed by atoms with van der Waals surface area (Å²) in [4.78, 5) is 42.1. The zero-order valence-electron chi connectivity index (χ0n) is 15.8. The van der Waals surface area contributed by atoms with Crippen molar-refractivity contribution in [1.82, 2.24) is 9.55 Å². The standard InChI is InChI=1S/C21H17N3O4S/c1-3-12(2)23-19(13-7-6-8-14(11-13)24(27)28)22-20-17(21(23)26)18(25)15-9-4-5-10-16(15)29-20/h4-12H,3H2,1-2H3/t12-/m1/s1. The van der Waals surface area contributed by atoms with Crippen molar-refractivity contribution in [2.24, 2.45) is 0 Å². The van der Waals surface area contributed by atoms with Gasteiger partial charge in [0.05, 0.1) is 4.92 Å². The van der Waals surface area contributed by atoms with E-state index in [1.54, 1.807) is 24.3 Å². The van der Waals surface area contributed by atoms with Crippen molar-refractivity contribution in [2.45, 2.75) is 26.3 Å². The Morgan fingerprint density at radius 2 is 1.93 bits per heavy atom. The molecule has 2 aromatic heterocycles. The van der Waals surface area contributed by atoms with Crippen LogP contribution >= 0.6 is 11.3 Å². The number of nitrogens with zero attached hydrogens (tertiary/aromatic N) is 3. The van der Waals surface area contributed by atoms with Crippen LogP contribution in [0.5, 0.6) is 0 Å². The van der Waals surface area contributed by atoms with Gasteiger partial charge in [0, 0.05) is 33.8 Å². The summed E-state index contributed by atoms with van der Waals surface area (Å²) in [6, 6.07) is 12.9. The zero-order chi connectivity index (χ0) is 20.7. The van der Waals surface area contributed by atoms with Crippen molar-refractivity contribution in [3.8, 4) is 11.4 Å². The van der Waals surface area contributed by atoms with E-state index in [0.717, 1.165) is 4.70 Å². The van der Waals surface area contributed by atoms with Crippen LogP contribution in [-0.4, -0.2) is 14.5 Å². The van der Waals surface area contributed by atoms with Crippen molar-refractivity contribution < 1.29 is 4.92 Å². The van der Waals surface area contributed by atoms with Gasteiger partial charge < -0.3 is 0 Å². The molecular formula is C21H17N3O4S. The van der Waals surface area contributed by atoms with Gasteiger partial charge in [-0.3, -0.25) is 24.3 Å². The molecule has 8 heteroatoms. The van der Waals surface area contributed by atoms with Crippen molar-refractivity contribution in [3.63, 3.8) is 0 Å². The predicted molar refractivity (Wildman–Crippen MR) is 115 cm³/mol. The fourth-order valence-corrected chi connectivity index (χ4v) is 4.36. The molecule has 0 aliphatic rings. The molecule has 4 aromatic rings. The summed E-state index contributed by atoms with van der Waals surface area (Å²) in [7, 11) is 0. The lowest BCUT2D eigenvalue weighted by Crippen LogP contribution is -2.29. The van der Waals surface area contributed by atoms with Crippen molar-refractivity contribution in [2.75, 3.05) is 0 Å². The Kier molecular flexibility index (Phi) is 4.71. The second kappa shape index (κ2) is 7.21. The Labute approximate surface area is 169 Å². The summed E-state index contributed by atoms with van der Waals surface area (Å²) in [6.07, 6.45) is 0.639. The highest BCUT2D eigenvalue weighted by Crippen LogP contribution is 2.28. The number of hydrogen-bond donors (Lipinski definition) is 0. The summed E-state index contributed by atoms with van der Waals surface area (Å²) in [5, 5.41) is 11.8. The molecule has 0 aliphatic carbocycles. The number of benzene rings is 2. The van der Waals surface area contributed by atoms with E-state index in [-0.39, 0.29) is 22.5 Å². The van der Waals surface area contributed by atoms with Crippen molar-refractivity contribution >= 4 is 37.3 Å². The van der Waals surface area contributed by atoms with Gasteiger partial charge in [0.25, 0.3) is 11.2 Å². The molecule has 0 amide bonds. The molecule has 0 radical (unpaired) electrons. The van der Waals surface area contributed by atoms with Crippen LogP contribution in [0.4, 0.5) is 5.69 Å². The summed E-state index contributed by atoms with van der Waals surface area (Å²) < 4.78 is 2.22. The second-order valence-corrected chi connectivity index (χ2v) is 7.81. The number of fused-ring (bicyclic) bond motifs is 2. The van der Waals surface area contributed by atoms with E-state index in [9.17, 15) is 19.7 Å². The van der Waals surface area contributed by atoms with E-state index < -0.39 is 10.5 Å². The van der Waals surface area contributed by atoms with E-state index in [4.69, 9.17) is 0 Å². The van der Waals surface area contributed by atoms with Crippen LogP contribution in [-0.2, 0) is 0 Å². The average molecular weight is 407 g/mol. The fraction of sp³-hybridized carbons (Fsp3) is 0.190. The lowest BCUT2D eigenvalue weighted by molar-refractivity contribution is -0.384. The maximum atomic E-state index is 13.4. The highest BCUT2D eigenvalue weighted by Gasteiger charge is 2.21. The molecule has 0 saturated heterocycles. The van der Waals surface area contributed by atoms with Gasteiger partial charge in [0.15, 0.2) is 0 Å². The molecule has 2 aromatic carbocycles. The van der Waals surface area contributed by atoms with Crippen LogP contribution in [0.2, 0.25) is 0 Å². The van der Waals surface area contributed by atoms with Gasteiger partial charge in [-0.2, -0.15) is 0 Å². The smallest absolute Gasteiger partial charge is 0.270 e. The number of nitro benzene ring substituents is 1. The van der Waals surface area contributed by atoms with Crippen LogP contribution in [0, 0.1) is 10.1 Å². The molecule has 0 fully saturated rings. The van der Waals surface area contributed by atoms with E-state index in [1.807, 2.05) is 26.0 Å². The number of hydrogen-bond acceptors (Lipinski definition) is 6.